The van der Waals surface area contributed by atoms with Crippen LogP contribution in [0.2, 0.25) is 0 Å². The highest BCUT2D eigenvalue weighted by molar-refractivity contribution is 5.82. The Morgan fingerprint density at radius 2 is 2.05 bits per heavy atom. The van der Waals surface area contributed by atoms with Gasteiger partial charge in [0.05, 0.1) is 7.11 Å². The van der Waals surface area contributed by atoms with Crippen LogP contribution in [-0.2, 0) is 9.53 Å². The summed E-state index contributed by atoms with van der Waals surface area (Å²) in [6.07, 6.45) is 1.11. The molecular weight excluding hydrogens is 291 g/mol. The van der Waals surface area contributed by atoms with Crippen molar-refractivity contribution >= 4 is 12.1 Å². The Morgan fingerprint density at radius 1 is 1.36 bits per heavy atom. The molecule has 1 aromatic carbocycles. The number of hydrogen-bond acceptors (Lipinski definition) is 6. The number of carbonyl (C=O) groups excluding carboxylic acids is 1. The van der Waals surface area contributed by atoms with Crippen molar-refractivity contribution in [3.8, 4) is 11.5 Å². The number of benzene rings is 1. The Morgan fingerprint density at radius 3 is 2.68 bits per heavy atom. The van der Waals surface area contributed by atoms with Gasteiger partial charge in [0.25, 0.3) is 0 Å². The van der Waals surface area contributed by atoms with E-state index in [1.807, 2.05) is 0 Å². The van der Waals surface area contributed by atoms with Crippen LogP contribution in [0.25, 0.3) is 0 Å². The van der Waals surface area contributed by atoms with Gasteiger partial charge in [0, 0.05) is 0 Å². The van der Waals surface area contributed by atoms with E-state index in [9.17, 15) is 9.18 Å². The van der Waals surface area contributed by atoms with Gasteiger partial charge < -0.3 is 19.5 Å². The molecule has 7 heteroatoms. The molecule has 0 bridgehead atoms. The highest BCUT2D eigenvalue weighted by Crippen LogP contribution is 2.19. The third kappa shape index (κ3) is 4.29. The molecule has 118 valence electrons. The van der Waals surface area contributed by atoms with Crippen LogP contribution >= 0.6 is 0 Å². The monoisotopic (exact) mass is 308 g/mol. The molecule has 0 saturated carbocycles. The molecule has 1 aliphatic rings. The lowest BCUT2D eigenvalue weighted by Gasteiger charge is -2.23. The van der Waals surface area contributed by atoms with Crippen LogP contribution in [0.1, 0.15) is 6.42 Å². The second-order valence-electron chi connectivity index (χ2n) is 4.61. The maximum Gasteiger partial charge on any atom is 0.369 e. The third-order valence-corrected chi connectivity index (χ3v) is 3.15. The first kappa shape index (κ1) is 16.0. The number of carbonyl (C=O) groups is 1. The summed E-state index contributed by atoms with van der Waals surface area (Å²) >= 11 is 0. The predicted octanol–water partition coefficient (Wildman–Crippen LogP) is 1.81. The van der Waals surface area contributed by atoms with Crippen molar-refractivity contribution in [2.75, 3.05) is 20.3 Å². The molecule has 1 atom stereocenters. The van der Waals surface area contributed by atoms with Gasteiger partial charge in [-0.2, -0.15) is 0 Å². The molecule has 22 heavy (non-hydrogen) atoms. The summed E-state index contributed by atoms with van der Waals surface area (Å²) in [5.74, 6) is 0.535. The summed E-state index contributed by atoms with van der Waals surface area (Å²) in [7, 11) is 1.55. The van der Waals surface area contributed by atoms with Crippen LogP contribution in [-0.4, -0.2) is 38.4 Å². The van der Waals surface area contributed by atoms with Crippen molar-refractivity contribution in [2.45, 2.75) is 12.5 Å². The standard InChI is InChI=1S/C15H17FN2O4/c1-20-11-4-6-12(7-5-11)22-14(19)13-10(3-2-8-18-13)9-21-15(16)17/h3-7,13,17-18H,2,8-9H2,1H3. The fourth-order valence-electron chi connectivity index (χ4n) is 2.08. The van der Waals surface area contributed by atoms with E-state index in [4.69, 9.17) is 14.9 Å². The Balaban J connectivity index is 2.01. The zero-order valence-electron chi connectivity index (χ0n) is 12.1. The average Bonchev–Trinajstić information content (AvgIpc) is 2.54. The highest BCUT2D eigenvalue weighted by Gasteiger charge is 2.27. The van der Waals surface area contributed by atoms with Crippen molar-refractivity contribution in [1.82, 2.24) is 5.32 Å². The summed E-state index contributed by atoms with van der Waals surface area (Å²) in [5, 5.41) is 9.63. The predicted molar refractivity (Wildman–Crippen MR) is 77.9 cm³/mol. The summed E-state index contributed by atoms with van der Waals surface area (Å²) in [6, 6.07) is 5.89. The minimum absolute atomic E-state index is 0.162. The van der Waals surface area contributed by atoms with E-state index >= 15 is 0 Å². The zero-order valence-corrected chi connectivity index (χ0v) is 12.1. The summed E-state index contributed by atoms with van der Waals surface area (Å²) in [6.45, 7) is 0.448. The Labute approximate surface area is 127 Å². The van der Waals surface area contributed by atoms with Crippen LogP contribution < -0.4 is 14.8 Å². The number of ether oxygens (including phenoxy) is 3. The molecule has 0 fully saturated rings. The van der Waals surface area contributed by atoms with E-state index in [1.165, 1.54) is 0 Å². The van der Waals surface area contributed by atoms with Gasteiger partial charge in [0.2, 0.25) is 0 Å². The number of rotatable bonds is 5. The minimum Gasteiger partial charge on any atom is -0.497 e. The number of esters is 1. The molecule has 0 aromatic heterocycles. The van der Waals surface area contributed by atoms with Gasteiger partial charge in [0.15, 0.2) is 0 Å². The lowest BCUT2D eigenvalue weighted by Crippen LogP contribution is -2.44. The second kappa shape index (κ2) is 7.56. The first-order valence-corrected chi connectivity index (χ1v) is 6.75. The van der Waals surface area contributed by atoms with Gasteiger partial charge in [-0.3, -0.25) is 0 Å². The molecule has 0 amide bonds. The largest absolute Gasteiger partial charge is 0.497 e. The molecule has 1 heterocycles. The van der Waals surface area contributed by atoms with Crippen LogP contribution in [0.4, 0.5) is 4.39 Å². The Bertz CT molecular complexity index is 571. The van der Waals surface area contributed by atoms with Crippen molar-refractivity contribution in [1.29, 1.82) is 5.41 Å². The van der Waals surface area contributed by atoms with E-state index in [0.717, 1.165) is 0 Å². The fourth-order valence-corrected chi connectivity index (χ4v) is 2.08. The first-order chi connectivity index (χ1) is 10.6. The molecule has 2 N–H and O–H groups in total. The van der Waals surface area contributed by atoms with Crippen molar-refractivity contribution < 1.29 is 23.4 Å². The highest BCUT2D eigenvalue weighted by atomic mass is 19.1. The van der Waals surface area contributed by atoms with Crippen LogP contribution in [0, 0.1) is 5.41 Å². The summed E-state index contributed by atoms with van der Waals surface area (Å²) in [5.41, 5.74) is 0.548. The number of methoxy groups -OCH3 is 1. The van der Waals surface area contributed by atoms with E-state index in [2.05, 4.69) is 10.1 Å². The van der Waals surface area contributed by atoms with Crippen LogP contribution in [0.3, 0.4) is 0 Å². The quantitative estimate of drug-likeness (QED) is 0.285. The Kier molecular flexibility index (Phi) is 5.48. The molecule has 1 aromatic rings. The number of halogens is 1. The smallest absolute Gasteiger partial charge is 0.369 e. The third-order valence-electron chi connectivity index (χ3n) is 3.15. The first-order valence-electron chi connectivity index (χ1n) is 6.75. The molecule has 0 radical (unpaired) electrons. The fraction of sp³-hybridized carbons (Fsp3) is 0.333. The maximum atomic E-state index is 12.4. The summed E-state index contributed by atoms with van der Waals surface area (Å²) < 4.78 is 27.2. The molecular formula is C15H17FN2O4. The Hall–Kier alpha value is -2.41. The van der Waals surface area contributed by atoms with E-state index < -0.39 is 18.2 Å². The average molecular weight is 308 g/mol. The molecule has 0 spiro atoms. The molecule has 1 aliphatic heterocycles. The molecule has 0 saturated heterocycles. The maximum absolute atomic E-state index is 12.4. The SMILES string of the molecule is COc1ccc(OC(=O)C2NCCC=C2COC(=N)F)cc1. The van der Waals surface area contributed by atoms with Crippen molar-refractivity contribution in [3.63, 3.8) is 0 Å². The molecule has 6 nitrogen and oxygen atoms in total. The van der Waals surface area contributed by atoms with Gasteiger partial charge in [-0.05, 0) is 42.8 Å². The van der Waals surface area contributed by atoms with Gasteiger partial charge >= 0.3 is 12.1 Å². The molecule has 1 unspecified atom stereocenters. The molecule has 2 rings (SSSR count). The van der Waals surface area contributed by atoms with Crippen LogP contribution in [0.15, 0.2) is 35.9 Å². The second-order valence-corrected chi connectivity index (χ2v) is 4.61. The van der Waals surface area contributed by atoms with E-state index in [0.29, 0.717) is 30.0 Å². The van der Waals surface area contributed by atoms with Crippen molar-refractivity contribution in [2.24, 2.45) is 0 Å². The summed E-state index contributed by atoms with van der Waals surface area (Å²) in [4.78, 5) is 12.2. The normalized spacial score (nSPS) is 17.4. The number of nitrogens with one attached hydrogen (secondary N) is 2. The minimum atomic E-state index is -1.38. The lowest BCUT2D eigenvalue weighted by atomic mass is 10.0. The topological polar surface area (TPSA) is 80.6 Å². The van der Waals surface area contributed by atoms with Gasteiger partial charge in [-0.15, -0.1) is 4.39 Å². The van der Waals surface area contributed by atoms with Crippen LogP contribution in [0.5, 0.6) is 11.5 Å². The molecule has 0 aliphatic carbocycles. The van der Waals surface area contributed by atoms with E-state index in [-0.39, 0.29) is 6.61 Å². The van der Waals surface area contributed by atoms with Gasteiger partial charge in [-0.1, -0.05) is 6.08 Å². The number of hydrogen-bond donors (Lipinski definition) is 2. The van der Waals surface area contributed by atoms with Gasteiger partial charge in [-0.25, -0.2) is 10.2 Å². The van der Waals surface area contributed by atoms with Crippen molar-refractivity contribution in [3.05, 3.63) is 35.9 Å². The van der Waals surface area contributed by atoms with Gasteiger partial charge in [0.1, 0.15) is 24.1 Å². The lowest BCUT2D eigenvalue weighted by molar-refractivity contribution is -0.136. The van der Waals surface area contributed by atoms with E-state index in [1.54, 1.807) is 37.5 Å². The zero-order chi connectivity index (χ0) is 15.9.